The first-order chi connectivity index (χ1) is 13.9. The van der Waals surface area contributed by atoms with Crippen molar-refractivity contribution in [3.63, 3.8) is 0 Å². The van der Waals surface area contributed by atoms with Crippen molar-refractivity contribution in [3.05, 3.63) is 52.7 Å². The summed E-state index contributed by atoms with van der Waals surface area (Å²) in [4.78, 5) is 15.2. The Balaban J connectivity index is 1.61. The zero-order valence-electron chi connectivity index (χ0n) is 16.6. The van der Waals surface area contributed by atoms with Gasteiger partial charge in [-0.3, -0.25) is 0 Å². The van der Waals surface area contributed by atoms with Crippen LogP contribution in [0.4, 0.5) is 17.5 Å². The van der Waals surface area contributed by atoms with Crippen molar-refractivity contribution in [2.45, 2.75) is 26.5 Å². The molecule has 150 valence electrons. The van der Waals surface area contributed by atoms with Gasteiger partial charge < -0.3 is 26.8 Å². The number of fused-ring (bicyclic) bond motifs is 1. The number of hydrogen-bond acceptors (Lipinski definition) is 8. The fourth-order valence-corrected chi connectivity index (χ4v) is 3.62. The molecule has 1 aliphatic heterocycles. The van der Waals surface area contributed by atoms with Crippen LogP contribution in [-0.4, -0.2) is 33.4 Å². The number of rotatable bonds is 4. The van der Waals surface area contributed by atoms with Gasteiger partial charge in [-0.2, -0.15) is 0 Å². The second kappa shape index (κ2) is 7.56. The highest BCUT2D eigenvalue weighted by atomic mass is 16.5. The number of anilines is 3. The minimum Gasteiger partial charge on any atom is -0.470 e. The van der Waals surface area contributed by atoms with Crippen molar-refractivity contribution in [3.8, 4) is 17.1 Å². The van der Waals surface area contributed by atoms with Crippen LogP contribution in [0.15, 0.2) is 30.5 Å². The summed E-state index contributed by atoms with van der Waals surface area (Å²) in [6.45, 7) is 4.33. The lowest BCUT2D eigenvalue weighted by Crippen LogP contribution is -2.27. The molecule has 0 saturated carbocycles. The summed E-state index contributed by atoms with van der Waals surface area (Å²) in [5.74, 6) is 1.18. The number of nitrogens with two attached hydrogens (primary N) is 3. The van der Waals surface area contributed by atoms with E-state index in [0.29, 0.717) is 17.2 Å². The van der Waals surface area contributed by atoms with Crippen LogP contribution in [0.5, 0.6) is 5.88 Å². The monoisotopic (exact) mass is 391 g/mol. The number of nitrogen functional groups attached to an aromatic ring is 3. The van der Waals surface area contributed by atoms with E-state index in [0.717, 1.165) is 30.8 Å². The molecule has 0 radical (unpaired) electrons. The van der Waals surface area contributed by atoms with Crippen molar-refractivity contribution >= 4 is 17.5 Å². The van der Waals surface area contributed by atoms with E-state index in [9.17, 15) is 0 Å². The number of benzene rings is 1. The molecule has 0 atom stereocenters. The summed E-state index contributed by atoms with van der Waals surface area (Å²) in [5, 5.41) is 0. The predicted molar refractivity (Wildman–Crippen MR) is 114 cm³/mol. The molecule has 0 amide bonds. The predicted octanol–water partition coefficient (Wildman–Crippen LogP) is 2.16. The van der Waals surface area contributed by atoms with Gasteiger partial charge >= 0.3 is 0 Å². The third-order valence-corrected chi connectivity index (χ3v) is 5.21. The summed E-state index contributed by atoms with van der Waals surface area (Å²) >= 11 is 0. The lowest BCUT2D eigenvalue weighted by atomic mass is 9.92. The highest BCUT2D eigenvalue weighted by Crippen LogP contribution is 2.30. The van der Waals surface area contributed by atoms with Crippen molar-refractivity contribution in [2.24, 2.45) is 0 Å². The molecule has 6 N–H and O–H groups in total. The van der Waals surface area contributed by atoms with Gasteiger partial charge in [-0.05, 0) is 61.3 Å². The molecule has 0 bridgehead atoms. The Morgan fingerprint density at radius 1 is 1.10 bits per heavy atom. The van der Waals surface area contributed by atoms with Gasteiger partial charge in [0.15, 0.2) is 5.82 Å². The molecular formula is C21H25N7O. The number of nitrogens with zero attached hydrogens (tertiary/aromatic N) is 4. The minimum absolute atomic E-state index is 0.176. The molecule has 3 heterocycles. The van der Waals surface area contributed by atoms with Crippen molar-refractivity contribution in [1.29, 1.82) is 0 Å². The Hall–Kier alpha value is -3.39. The third-order valence-electron chi connectivity index (χ3n) is 5.21. The number of hydrogen-bond donors (Lipinski definition) is 3. The van der Waals surface area contributed by atoms with Crippen LogP contribution in [-0.2, 0) is 19.6 Å². The van der Waals surface area contributed by atoms with E-state index in [1.165, 1.54) is 16.7 Å². The van der Waals surface area contributed by atoms with Crippen molar-refractivity contribution < 1.29 is 4.74 Å². The molecule has 0 aliphatic carbocycles. The Labute approximate surface area is 169 Å². The van der Waals surface area contributed by atoms with Crippen molar-refractivity contribution in [2.75, 3.05) is 30.8 Å². The molecule has 29 heavy (non-hydrogen) atoms. The molecule has 3 aromatic rings. The minimum atomic E-state index is 0.176. The molecule has 0 fully saturated rings. The lowest BCUT2D eigenvalue weighted by molar-refractivity contribution is 0.295. The van der Waals surface area contributed by atoms with Gasteiger partial charge in [0, 0.05) is 24.2 Å². The van der Waals surface area contributed by atoms with Crippen LogP contribution < -0.4 is 21.9 Å². The van der Waals surface area contributed by atoms with Gasteiger partial charge in [0.2, 0.25) is 0 Å². The zero-order valence-corrected chi connectivity index (χ0v) is 16.6. The normalized spacial score (nSPS) is 13.9. The van der Waals surface area contributed by atoms with E-state index in [4.69, 9.17) is 21.9 Å². The summed E-state index contributed by atoms with van der Waals surface area (Å²) in [7, 11) is 2.14. The third kappa shape index (κ3) is 3.93. The highest BCUT2D eigenvalue weighted by Gasteiger charge is 2.18. The van der Waals surface area contributed by atoms with Crippen LogP contribution in [0.3, 0.4) is 0 Å². The largest absolute Gasteiger partial charge is 0.470 e. The van der Waals surface area contributed by atoms with E-state index in [1.54, 1.807) is 18.3 Å². The maximum Gasteiger partial charge on any atom is 0.258 e. The van der Waals surface area contributed by atoms with Gasteiger partial charge in [-0.25, -0.2) is 15.0 Å². The van der Waals surface area contributed by atoms with Crippen LogP contribution in [0.2, 0.25) is 0 Å². The van der Waals surface area contributed by atoms with Crippen LogP contribution >= 0.6 is 0 Å². The summed E-state index contributed by atoms with van der Waals surface area (Å²) in [5.41, 5.74) is 24.0. The van der Waals surface area contributed by atoms with Crippen LogP contribution in [0.1, 0.15) is 22.3 Å². The summed E-state index contributed by atoms with van der Waals surface area (Å²) in [6, 6.07) is 7.78. The fraction of sp³-hybridized carbons (Fsp3) is 0.286. The summed E-state index contributed by atoms with van der Waals surface area (Å²) in [6.07, 6.45) is 2.74. The van der Waals surface area contributed by atoms with Gasteiger partial charge in [0.25, 0.3) is 5.88 Å². The first-order valence-corrected chi connectivity index (χ1v) is 9.48. The van der Waals surface area contributed by atoms with Crippen molar-refractivity contribution in [1.82, 2.24) is 19.9 Å². The number of ether oxygens (including phenoxy) is 1. The molecule has 0 unspecified atom stereocenters. The molecule has 8 heteroatoms. The Morgan fingerprint density at radius 2 is 1.93 bits per heavy atom. The first kappa shape index (κ1) is 18.9. The van der Waals surface area contributed by atoms with Crippen LogP contribution in [0, 0.1) is 6.92 Å². The van der Waals surface area contributed by atoms with Gasteiger partial charge in [-0.15, -0.1) is 0 Å². The molecule has 8 nitrogen and oxygen atoms in total. The van der Waals surface area contributed by atoms with Gasteiger partial charge in [0.05, 0.1) is 11.9 Å². The second-order valence-electron chi connectivity index (χ2n) is 7.43. The molecule has 1 aliphatic rings. The number of aromatic nitrogens is 3. The number of likely N-dealkylation sites (N-methyl/N-ethyl adjacent to an activating group) is 1. The zero-order chi connectivity index (χ0) is 20.5. The maximum atomic E-state index is 5.98. The Kier molecular flexibility index (Phi) is 4.94. The van der Waals surface area contributed by atoms with E-state index in [-0.39, 0.29) is 18.3 Å². The SMILES string of the molecule is Cc1cc(-c2cnc(N)c(OCc3ccc(N)nc3N)n2)cc2c1CCN(C)C2. The van der Waals surface area contributed by atoms with Gasteiger partial charge in [-0.1, -0.05) is 0 Å². The topological polar surface area (TPSA) is 129 Å². The first-order valence-electron chi connectivity index (χ1n) is 9.48. The lowest BCUT2D eigenvalue weighted by Gasteiger charge is -2.27. The Morgan fingerprint density at radius 3 is 2.72 bits per heavy atom. The molecule has 4 rings (SSSR count). The van der Waals surface area contributed by atoms with E-state index >= 15 is 0 Å². The second-order valence-corrected chi connectivity index (χ2v) is 7.43. The maximum absolute atomic E-state index is 5.98. The van der Waals surface area contributed by atoms with E-state index in [2.05, 4.69) is 46.0 Å². The molecule has 0 spiro atoms. The molecular weight excluding hydrogens is 366 g/mol. The highest BCUT2D eigenvalue weighted by molar-refractivity contribution is 5.64. The van der Waals surface area contributed by atoms with Gasteiger partial charge in [0.1, 0.15) is 18.2 Å². The number of pyridine rings is 1. The standard InChI is InChI=1S/C21H25N7O/c1-12-7-14(8-15-10-28(2)6-5-16(12)15)17-9-25-20(24)21(26-17)29-11-13-3-4-18(22)27-19(13)23/h3-4,7-9H,5-6,10-11H2,1-2H3,(H2,24,25)(H4,22,23,27). The average molecular weight is 391 g/mol. The Bertz CT molecular complexity index is 1070. The van der Waals surface area contributed by atoms with E-state index in [1.807, 2.05) is 0 Å². The smallest absolute Gasteiger partial charge is 0.258 e. The van der Waals surface area contributed by atoms with E-state index < -0.39 is 0 Å². The molecule has 2 aromatic heterocycles. The molecule has 0 saturated heterocycles. The molecule has 1 aromatic carbocycles. The quantitative estimate of drug-likeness (QED) is 0.617. The average Bonchev–Trinajstić information content (AvgIpc) is 2.68. The number of aryl methyl sites for hydroxylation is 1. The fourth-order valence-electron chi connectivity index (χ4n) is 3.62. The van der Waals surface area contributed by atoms with Crippen LogP contribution in [0.25, 0.3) is 11.3 Å². The summed E-state index contributed by atoms with van der Waals surface area (Å²) < 4.78 is 5.80.